The van der Waals surface area contributed by atoms with E-state index in [0.717, 1.165) is 0 Å². The molecule has 15 heavy (non-hydrogen) atoms. The zero-order valence-electron chi connectivity index (χ0n) is 9.69. The van der Waals surface area contributed by atoms with Crippen molar-refractivity contribution >= 4 is 5.78 Å². The standard InChI is InChI=1S/C11H18N2O2/c1-8(2)11(15,5-9(3)14)10-6-13(4)7-12-10/h6-8,15H,5H2,1-4H3. The number of rotatable bonds is 4. The Labute approximate surface area is 89.9 Å². The molecule has 0 aromatic carbocycles. The molecule has 0 aliphatic heterocycles. The molecule has 0 saturated carbocycles. The second kappa shape index (κ2) is 4.14. The molecule has 4 nitrogen and oxygen atoms in total. The topological polar surface area (TPSA) is 55.1 Å². The number of aromatic nitrogens is 2. The number of ketones is 1. The van der Waals surface area contributed by atoms with Gasteiger partial charge in [0.05, 0.1) is 12.0 Å². The number of Topliss-reactive ketones (excluding diaryl/α,β-unsaturated/α-hetero) is 1. The van der Waals surface area contributed by atoms with Gasteiger partial charge < -0.3 is 9.67 Å². The Morgan fingerprint density at radius 2 is 2.27 bits per heavy atom. The average molecular weight is 210 g/mol. The molecule has 0 aliphatic rings. The Bertz CT molecular complexity index is 357. The van der Waals surface area contributed by atoms with Gasteiger partial charge in [0.25, 0.3) is 0 Å². The van der Waals surface area contributed by atoms with Gasteiger partial charge in [0.1, 0.15) is 11.4 Å². The molecule has 0 radical (unpaired) electrons. The molecular formula is C11H18N2O2. The highest BCUT2D eigenvalue weighted by atomic mass is 16.3. The van der Waals surface area contributed by atoms with Crippen molar-refractivity contribution < 1.29 is 9.90 Å². The molecule has 0 saturated heterocycles. The zero-order valence-corrected chi connectivity index (χ0v) is 9.69. The van der Waals surface area contributed by atoms with Crippen LogP contribution in [0.2, 0.25) is 0 Å². The van der Waals surface area contributed by atoms with Crippen molar-refractivity contribution in [3.05, 3.63) is 18.2 Å². The smallest absolute Gasteiger partial charge is 0.133 e. The molecule has 0 spiro atoms. The predicted octanol–water partition coefficient (Wildman–Crippen LogP) is 1.24. The van der Waals surface area contributed by atoms with Crippen LogP contribution < -0.4 is 0 Å². The molecule has 4 heteroatoms. The molecule has 0 amide bonds. The number of carbonyl (C=O) groups excluding carboxylic acids is 1. The van der Waals surface area contributed by atoms with Crippen LogP contribution >= 0.6 is 0 Å². The maximum Gasteiger partial charge on any atom is 0.133 e. The van der Waals surface area contributed by atoms with Crippen molar-refractivity contribution in [1.82, 2.24) is 9.55 Å². The number of imidazole rings is 1. The highest BCUT2D eigenvalue weighted by molar-refractivity contribution is 5.76. The predicted molar refractivity (Wildman–Crippen MR) is 57.2 cm³/mol. The summed E-state index contributed by atoms with van der Waals surface area (Å²) in [6, 6.07) is 0. The van der Waals surface area contributed by atoms with E-state index in [0.29, 0.717) is 5.69 Å². The van der Waals surface area contributed by atoms with Crippen LogP contribution in [-0.4, -0.2) is 20.4 Å². The second-order valence-corrected chi connectivity index (χ2v) is 4.38. The van der Waals surface area contributed by atoms with Crippen molar-refractivity contribution in [3.8, 4) is 0 Å². The first-order valence-electron chi connectivity index (χ1n) is 5.06. The SMILES string of the molecule is CC(=O)CC(O)(c1cn(C)cn1)C(C)C. The second-order valence-electron chi connectivity index (χ2n) is 4.38. The molecule has 0 fully saturated rings. The number of carbonyl (C=O) groups is 1. The first kappa shape index (κ1) is 11.9. The Morgan fingerprint density at radius 1 is 1.67 bits per heavy atom. The summed E-state index contributed by atoms with van der Waals surface area (Å²) in [5, 5.41) is 10.4. The van der Waals surface area contributed by atoms with Crippen LogP contribution in [0.25, 0.3) is 0 Å². The van der Waals surface area contributed by atoms with E-state index in [-0.39, 0.29) is 18.1 Å². The van der Waals surface area contributed by atoms with Crippen LogP contribution in [-0.2, 0) is 17.4 Å². The largest absolute Gasteiger partial charge is 0.383 e. The molecule has 84 valence electrons. The highest BCUT2D eigenvalue weighted by Crippen LogP contribution is 2.31. The fourth-order valence-electron chi connectivity index (χ4n) is 1.61. The third kappa shape index (κ3) is 2.45. The third-order valence-corrected chi connectivity index (χ3v) is 2.62. The fourth-order valence-corrected chi connectivity index (χ4v) is 1.61. The Hall–Kier alpha value is -1.16. The van der Waals surface area contributed by atoms with Crippen LogP contribution in [0.15, 0.2) is 12.5 Å². The molecule has 1 atom stereocenters. The Balaban J connectivity index is 3.06. The van der Waals surface area contributed by atoms with Crippen molar-refractivity contribution in [2.45, 2.75) is 32.8 Å². The molecule has 1 aromatic heterocycles. The summed E-state index contributed by atoms with van der Waals surface area (Å²) in [5.74, 6) is -0.0758. The summed E-state index contributed by atoms with van der Waals surface area (Å²) in [6.07, 6.45) is 3.49. The van der Waals surface area contributed by atoms with Crippen molar-refractivity contribution in [3.63, 3.8) is 0 Å². The lowest BCUT2D eigenvalue weighted by molar-refractivity contribution is -0.124. The van der Waals surface area contributed by atoms with Crippen LogP contribution in [0.1, 0.15) is 32.9 Å². The van der Waals surface area contributed by atoms with E-state index < -0.39 is 5.60 Å². The van der Waals surface area contributed by atoms with Gasteiger partial charge >= 0.3 is 0 Å². The number of nitrogens with zero attached hydrogens (tertiary/aromatic N) is 2. The first-order valence-corrected chi connectivity index (χ1v) is 5.06. The number of aliphatic hydroxyl groups is 1. The van der Waals surface area contributed by atoms with Gasteiger partial charge in [0.15, 0.2) is 0 Å². The molecule has 0 aliphatic carbocycles. The van der Waals surface area contributed by atoms with Gasteiger partial charge in [0.2, 0.25) is 0 Å². The van der Waals surface area contributed by atoms with Crippen LogP contribution in [0.3, 0.4) is 0 Å². The van der Waals surface area contributed by atoms with Gasteiger partial charge in [-0.3, -0.25) is 4.79 Å². The van der Waals surface area contributed by atoms with Crippen molar-refractivity contribution in [2.75, 3.05) is 0 Å². The molecule has 1 rings (SSSR count). The molecule has 0 bridgehead atoms. The van der Waals surface area contributed by atoms with Gasteiger partial charge in [0, 0.05) is 19.7 Å². The molecule has 1 heterocycles. The summed E-state index contributed by atoms with van der Waals surface area (Å²) in [7, 11) is 1.84. The Kier molecular flexibility index (Phi) is 3.29. The molecule has 1 aromatic rings. The minimum absolute atomic E-state index is 0.0307. The van der Waals surface area contributed by atoms with Crippen LogP contribution in [0, 0.1) is 5.92 Å². The lowest BCUT2D eigenvalue weighted by Crippen LogP contribution is -2.34. The number of aryl methyl sites for hydroxylation is 1. The minimum atomic E-state index is -1.15. The van der Waals surface area contributed by atoms with Gasteiger partial charge in [-0.15, -0.1) is 0 Å². The van der Waals surface area contributed by atoms with Gasteiger partial charge in [-0.2, -0.15) is 0 Å². The van der Waals surface area contributed by atoms with E-state index >= 15 is 0 Å². The third-order valence-electron chi connectivity index (χ3n) is 2.62. The van der Waals surface area contributed by atoms with E-state index in [1.807, 2.05) is 20.9 Å². The summed E-state index contributed by atoms with van der Waals surface area (Å²) in [5.41, 5.74) is -0.581. The minimum Gasteiger partial charge on any atom is -0.383 e. The van der Waals surface area contributed by atoms with E-state index in [2.05, 4.69) is 4.98 Å². The zero-order chi connectivity index (χ0) is 11.6. The summed E-state index contributed by atoms with van der Waals surface area (Å²) >= 11 is 0. The quantitative estimate of drug-likeness (QED) is 0.813. The number of hydrogen-bond donors (Lipinski definition) is 1. The van der Waals surface area contributed by atoms with Crippen LogP contribution in [0.5, 0.6) is 0 Å². The normalized spacial score (nSPS) is 15.3. The molecule has 1 N–H and O–H groups in total. The fraction of sp³-hybridized carbons (Fsp3) is 0.636. The molecule has 1 unspecified atom stereocenters. The lowest BCUT2D eigenvalue weighted by atomic mass is 9.83. The first-order chi connectivity index (χ1) is 6.86. The maximum atomic E-state index is 11.1. The van der Waals surface area contributed by atoms with E-state index in [4.69, 9.17) is 0 Å². The summed E-state index contributed by atoms with van der Waals surface area (Å²) in [6.45, 7) is 5.26. The number of hydrogen-bond acceptors (Lipinski definition) is 3. The maximum absolute atomic E-state index is 11.1. The van der Waals surface area contributed by atoms with E-state index in [1.165, 1.54) is 6.92 Å². The van der Waals surface area contributed by atoms with Crippen molar-refractivity contribution in [1.29, 1.82) is 0 Å². The van der Waals surface area contributed by atoms with E-state index in [1.54, 1.807) is 17.1 Å². The monoisotopic (exact) mass is 210 g/mol. The van der Waals surface area contributed by atoms with Gasteiger partial charge in [-0.25, -0.2) is 4.98 Å². The average Bonchev–Trinajstić information content (AvgIpc) is 2.50. The van der Waals surface area contributed by atoms with Crippen LogP contribution in [0.4, 0.5) is 0 Å². The van der Waals surface area contributed by atoms with Crippen molar-refractivity contribution in [2.24, 2.45) is 13.0 Å². The lowest BCUT2D eigenvalue weighted by Gasteiger charge is -2.29. The van der Waals surface area contributed by atoms with Gasteiger partial charge in [-0.1, -0.05) is 13.8 Å². The highest BCUT2D eigenvalue weighted by Gasteiger charge is 2.36. The van der Waals surface area contributed by atoms with Gasteiger partial charge in [-0.05, 0) is 12.8 Å². The summed E-state index contributed by atoms with van der Waals surface area (Å²) in [4.78, 5) is 15.3. The molecular weight excluding hydrogens is 192 g/mol. The summed E-state index contributed by atoms with van der Waals surface area (Å²) < 4.78 is 1.77. The Morgan fingerprint density at radius 3 is 2.60 bits per heavy atom. The van der Waals surface area contributed by atoms with E-state index in [9.17, 15) is 9.90 Å².